The Balaban J connectivity index is 2.15. The summed E-state index contributed by atoms with van der Waals surface area (Å²) in [5, 5.41) is 0. The van der Waals surface area contributed by atoms with E-state index in [1.54, 1.807) is 6.92 Å². The third-order valence-electron chi connectivity index (χ3n) is 2.37. The lowest BCUT2D eigenvalue weighted by Crippen LogP contribution is -2.08. The first-order valence-corrected chi connectivity index (χ1v) is 8.49. The first-order valence-electron chi connectivity index (χ1n) is 5.89. The Labute approximate surface area is 131 Å². The maximum absolute atomic E-state index is 12.0. The van der Waals surface area contributed by atoms with E-state index < -0.39 is 16.1 Å². The smallest absolute Gasteiger partial charge is 0.348 e. The van der Waals surface area contributed by atoms with Crippen LogP contribution in [0.15, 0.2) is 40.6 Å². The fourth-order valence-electron chi connectivity index (χ4n) is 1.46. The number of ether oxygens (including phenoxy) is 1. The van der Waals surface area contributed by atoms with Gasteiger partial charge in [-0.05, 0) is 43.3 Å². The van der Waals surface area contributed by atoms with Crippen molar-refractivity contribution < 1.29 is 22.1 Å². The molecule has 0 aliphatic carbocycles. The average molecular weight is 347 g/mol. The normalized spacial score (nSPS) is 11.1. The van der Waals surface area contributed by atoms with Gasteiger partial charge in [0.2, 0.25) is 0 Å². The number of esters is 1. The summed E-state index contributed by atoms with van der Waals surface area (Å²) >= 11 is 6.61. The molecule has 21 heavy (non-hydrogen) atoms. The van der Waals surface area contributed by atoms with Crippen molar-refractivity contribution in [3.8, 4) is 5.75 Å². The van der Waals surface area contributed by atoms with Crippen molar-refractivity contribution in [3.05, 3.63) is 46.3 Å². The van der Waals surface area contributed by atoms with Crippen LogP contribution in [-0.2, 0) is 14.9 Å². The van der Waals surface area contributed by atoms with Gasteiger partial charge in [-0.15, -0.1) is 11.3 Å². The third-order valence-corrected chi connectivity index (χ3v) is 5.30. The summed E-state index contributed by atoms with van der Waals surface area (Å²) in [4.78, 5) is 11.5. The molecule has 2 aromatic rings. The van der Waals surface area contributed by atoms with Crippen molar-refractivity contribution in [1.82, 2.24) is 0 Å². The van der Waals surface area contributed by atoms with E-state index in [2.05, 4.69) is 0 Å². The number of carbonyl (C=O) groups is 1. The molecular weight excluding hydrogens is 336 g/mol. The van der Waals surface area contributed by atoms with Crippen LogP contribution in [-0.4, -0.2) is 21.0 Å². The molecule has 0 aliphatic heterocycles. The van der Waals surface area contributed by atoms with E-state index in [0.29, 0.717) is 9.90 Å². The largest absolute Gasteiger partial charge is 0.462 e. The zero-order valence-corrected chi connectivity index (χ0v) is 13.3. The Bertz CT molecular complexity index is 734. The van der Waals surface area contributed by atoms with Gasteiger partial charge in [0.1, 0.15) is 5.75 Å². The molecule has 0 N–H and O–H groups in total. The van der Waals surface area contributed by atoms with Crippen LogP contribution in [0.3, 0.4) is 0 Å². The zero-order chi connectivity index (χ0) is 15.5. The van der Waals surface area contributed by atoms with E-state index in [9.17, 15) is 13.2 Å². The molecule has 8 heteroatoms. The maximum atomic E-state index is 12.0. The fourth-order valence-corrected chi connectivity index (χ4v) is 3.84. The first kappa shape index (κ1) is 15.8. The van der Waals surface area contributed by atoms with Gasteiger partial charge in [-0.1, -0.05) is 11.6 Å². The van der Waals surface area contributed by atoms with Gasteiger partial charge in [0.15, 0.2) is 4.21 Å². The van der Waals surface area contributed by atoms with Gasteiger partial charge >= 0.3 is 16.1 Å². The van der Waals surface area contributed by atoms with E-state index >= 15 is 0 Å². The summed E-state index contributed by atoms with van der Waals surface area (Å²) in [6.45, 7) is 1.97. The topological polar surface area (TPSA) is 69.7 Å². The van der Waals surface area contributed by atoms with Crippen molar-refractivity contribution in [2.45, 2.75) is 11.1 Å². The van der Waals surface area contributed by atoms with Gasteiger partial charge in [-0.2, -0.15) is 8.42 Å². The van der Waals surface area contributed by atoms with Crippen molar-refractivity contribution in [2.75, 3.05) is 6.61 Å². The lowest BCUT2D eigenvalue weighted by atomic mass is 10.2. The average Bonchev–Trinajstić information content (AvgIpc) is 2.87. The molecule has 2 rings (SSSR count). The molecule has 0 radical (unpaired) electrons. The number of benzene rings is 1. The number of hydrogen-bond donors (Lipinski definition) is 0. The molecule has 112 valence electrons. The second-order valence-corrected chi connectivity index (χ2v) is 7.33. The lowest BCUT2D eigenvalue weighted by molar-refractivity contribution is 0.0526. The summed E-state index contributed by atoms with van der Waals surface area (Å²) in [5.41, 5.74) is 0.320. The number of rotatable bonds is 5. The number of hydrogen-bond acceptors (Lipinski definition) is 6. The van der Waals surface area contributed by atoms with Crippen LogP contribution in [0.4, 0.5) is 0 Å². The molecule has 0 saturated carbocycles. The second kappa shape index (κ2) is 6.46. The van der Waals surface area contributed by atoms with Crippen molar-refractivity contribution in [2.24, 2.45) is 0 Å². The molecule has 1 aromatic heterocycles. The molecule has 1 aromatic carbocycles. The highest BCUT2D eigenvalue weighted by Gasteiger charge is 2.19. The van der Waals surface area contributed by atoms with E-state index in [1.807, 2.05) is 0 Å². The van der Waals surface area contributed by atoms with Crippen LogP contribution in [0.5, 0.6) is 5.75 Å². The molecule has 5 nitrogen and oxygen atoms in total. The predicted octanol–water partition coefficient (Wildman–Crippen LogP) is 3.35. The van der Waals surface area contributed by atoms with Gasteiger partial charge < -0.3 is 8.92 Å². The Kier molecular flexibility index (Phi) is 4.87. The minimum Gasteiger partial charge on any atom is -0.462 e. The summed E-state index contributed by atoms with van der Waals surface area (Å²) in [6, 6.07) is 8.49. The summed E-state index contributed by atoms with van der Waals surface area (Å²) in [6.07, 6.45) is 0. The van der Waals surface area contributed by atoms with Gasteiger partial charge in [-0.3, -0.25) is 0 Å². The Morgan fingerprint density at radius 3 is 2.38 bits per heavy atom. The quantitative estimate of drug-likeness (QED) is 0.613. The fraction of sp³-hybridized carbons (Fsp3) is 0.154. The summed E-state index contributed by atoms with van der Waals surface area (Å²) in [5.74, 6) is -0.371. The van der Waals surface area contributed by atoms with Gasteiger partial charge in [0.05, 0.1) is 16.5 Å². The molecule has 0 bridgehead atoms. The van der Waals surface area contributed by atoms with E-state index in [4.69, 9.17) is 20.5 Å². The first-order chi connectivity index (χ1) is 9.92. The van der Waals surface area contributed by atoms with Gasteiger partial charge in [-0.25, -0.2) is 4.79 Å². The Hall–Kier alpha value is -1.57. The molecule has 0 aliphatic rings. The van der Waals surface area contributed by atoms with Crippen molar-refractivity contribution >= 4 is 39.0 Å². The zero-order valence-electron chi connectivity index (χ0n) is 10.9. The monoisotopic (exact) mass is 346 g/mol. The molecule has 0 amide bonds. The molecule has 0 spiro atoms. The summed E-state index contributed by atoms with van der Waals surface area (Å²) < 4.78 is 34.1. The highest BCUT2D eigenvalue weighted by molar-refractivity contribution is 7.89. The van der Waals surface area contributed by atoms with Crippen molar-refractivity contribution in [3.63, 3.8) is 0 Å². The van der Waals surface area contributed by atoms with Crippen LogP contribution in [0, 0.1) is 0 Å². The molecule has 0 unspecified atom stereocenters. The minimum absolute atomic E-state index is 0.0157. The molecule has 0 saturated heterocycles. The van der Waals surface area contributed by atoms with Gasteiger partial charge in [0, 0.05) is 0 Å². The van der Waals surface area contributed by atoms with Crippen LogP contribution in [0.2, 0.25) is 4.34 Å². The van der Waals surface area contributed by atoms with Crippen LogP contribution in [0.25, 0.3) is 0 Å². The standard InChI is InChI=1S/C13H11ClO5S2/c1-2-18-13(15)9-3-5-10(6-4-9)19-21(16,17)12-8-7-11(14)20-12/h3-8H,2H2,1H3. The van der Waals surface area contributed by atoms with E-state index in [1.165, 1.54) is 36.4 Å². The predicted molar refractivity (Wildman–Crippen MR) is 79.5 cm³/mol. The molecular formula is C13H11ClO5S2. The Morgan fingerprint density at radius 2 is 1.86 bits per heavy atom. The number of halogens is 1. The molecule has 1 heterocycles. The van der Waals surface area contributed by atoms with E-state index in [-0.39, 0.29) is 16.6 Å². The van der Waals surface area contributed by atoms with Crippen LogP contribution >= 0.6 is 22.9 Å². The molecule has 0 fully saturated rings. The van der Waals surface area contributed by atoms with Crippen LogP contribution in [0.1, 0.15) is 17.3 Å². The van der Waals surface area contributed by atoms with Gasteiger partial charge in [0.25, 0.3) is 0 Å². The SMILES string of the molecule is CCOC(=O)c1ccc(OS(=O)(=O)c2ccc(Cl)s2)cc1. The highest BCUT2D eigenvalue weighted by atomic mass is 35.5. The highest BCUT2D eigenvalue weighted by Crippen LogP contribution is 2.28. The Morgan fingerprint density at radius 1 is 1.19 bits per heavy atom. The van der Waals surface area contributed by atoms with Crippen molar-refractivity contribution in [1.29, 1.82) is 0 Å². The lowest BCUT2D eigenvalue weighted by Gasteiger charge is -2.06. The second-order valence-electron chi connectivity index (χ2n) is 3.84. The summed E-state index contributed by atoms with van der Waals surface area (Å²) in [7, 11) is -3.92. The maximum Gasteiger partial charge on any atom is 0.348 e. The third kappa shape index (κ3) is 3.96. The minimum atomic E-state index is -3.92. The van der Waals surface area contributed by atoms with Crippen LogP contribution < -0.4 is 4.18 Å². The number of carbonyl (C=O) groups excluding carboxylic acids is 1. The molecule has 0 atom stereocenters. The number of thiophene rings is 1. The van der Waals surface area contributed by atoms with E-state index in [0.717, 1.165) is 11.3 Å².